The van der Waals surface area contributed by atoms with Gasteiger partial charge in [0.15, 0.2) is 0 Å². The van der Waals surface area contributed by atoms with E-state index in [1.54, 1.807) is 23.9 Å². The van der Waals surface area contributed by atoms with Crippen LogP contribution in [0.5, 0.6) is 0 Å². The number of nitriles is 1. The van der Waals surface area contributed by atoms with Crippen molar-refractivity contribution in [1.29, 1.82) is 5.26 Å². The molecule has 0 saturated heterocycles. The fourth-order valence-corrected chi connectivity index (χ4v) is 6.47. The minimum atomic E-state index is -0.609. The molecule has 1 saturated carbocycles. The topological polar surface area (TPSA) is 97.9 Å². The molecule has 0 aliphatic heterocycles. The Morgan fingerprint density at radius 3 is 2.36 bits per heavy atom. The van der Waals surface area contributed by atoms with Crippen LogP contribution in [0.4, 0.5) is 0 Å². The number of hydrogen-bond acceptors (Lipinski definition) is 7. The molecule has 39 heavy (non-hydrogen) atoms. The fourth-order valence-electron chi connectivity index (χ4n) is 5.10. The lowest BCUT2D eigenvalue weighted by atomic mass is 9.95. The molecule has 5 rings (SSSR count). The average Bonchev–Trinajstić information content (AvgIpc) is 3.32. The predicted molar refractivity (Wildman–Crippen MR) is 152 cm³/mol. The molecule has 0 bridgehead atoms. The lowest BCUT2D eigenvalue weighted by molar-refractivity contribution is -0.161. The smallest absolute Gasteiger partial charge is 0.310 e. The zero-order chi connectivity index (χ0) is 27.6. The van der Waals surface area contributed by atoms with E-state index in [2.05, 4.69) is 40.6 Å². The summed E-state index contributed by atoms with van der Waals surface area (Å²) >= 11 is 1.68. The van der Waals surface area contributed by atoms with E-state index in [-0.39, 0.29) is 28.6 Å². The maximum Gasteiger partial charge on any atom is 0.310 e. The van der Waals surface area contributed by atoms with Gasteiger partial charge in [0.25, 0.3) is 5.56 Å². The summed E-state index contributed by atoms with van der Waals surface area (Å²) in [6.45, 7) is 5.93. The summed E-state index contributed by atoms with van der Waals surface area (Å²) in [7, 11) is 0. The quantitative estimate of drug-likeness (QED) is 0.284. The molecule has 3 atom stereocenters. The molecule has 0 radical (unpaired) electrons. The largest absolute Gasteiger partial charge is 0.460 e. The van der Waals surface area contributed by atoms with Crippen LogP contribution in [0.25, 0.3) is 22.0 Å². The van der Waals surface area contributed by atoms with Crippen LogP contribution in [0, 0.1) is 23.2 Å². The Morgan fingerprint density at radius 2 is 1.69 bits per heavy atom. The Labute approximate surface area is 231 Å². The van der Waals surface area contributed by atoms with Crippen molar-refractivity contribution < 1.29 is 9.53 Å². The molecule has 198 valence electrons. The van der Waals surface area contributed by atoms with Gasteiger partial charge in [-0.2, -0.15) is 5.26 Å². The van der Waals surface area contributed by atoms with Gasteiger partial charge in [-0.25, -0.2) is 4.68 Å². The van der Waals surface area contributed by atoms with E-state index in [0.717, 1.165) is 28.9 Å². The van der Waals surface area contributed by atoms with Gasteiger partial charge in [0.05, 0.1) is 29.5 Å². The minimum Gasteiger partial charge on any atom is -0.460 e. The molecular formula is C31H30N4O3S. The molecule has 0 N–H and O–H groups in total. The van der Waals surface area contributed by atoms with Gasteiger partial charge >= 0.3 is 5.97 Å². The standard InChI is InChI=1S/C31H30N4O3S/c1-31(2,3)38-30(37)28-23(19-35-29(36)25-6-4-5-7-26(25)33-34-35)14-17-27(28)39-24-15-12-22(13-16-24)21-10-8-20(18-32)9-11-21/h4-13,15-16,23,27-28H,14,17,19H2,1-3H3/t23-,27-,28-/m0/s1. The normalized spacial score (nSPS) is 19.1. The number of thioether (sulfide) groups is 1. The summed E-state index contributed by atoms with van der Waals surface area (Å²) in [5, 5.41) is 18.0. The van der Waals surface area contributed by atoms with Crippen LogP contribution in [-0.4, -0.2) is 31.8 Å². The molecule has 0 spiro atoms. The molecule has 1 aromatic heterocycles. The van der Waals surface area contributed by atoms with Gasteiger partial charge < -0.3 is 4.74 Å². The van der Waals surface area contributed by atoms with E-state index in [0.29, 0.717) is 23.0 Å². The van der Waals surface area contributed by atoms with Gasteiger partial charge in [0.1, 0.15) is 11.1 Å². The number of aromatic nitrogens is 3. The number of carbonyl (C=O) groups is 1. The van der Waals surface area contributed by atoms with Crippen LogP contribution in [-0.2, 0) is 16.1 Å². The molecule has 1 heterocycles. The lowest BCUT2D eigenvalue weighted by Crippen LogP contribution is -2.37. The fraction of sp³-hybridized carbons (Fsp3) is 0.323. The third-order valence-corrected chi connectivity index (χ3v) is 8.31. The summed E-state index contributed by atoms with van der Waals surface area (Å²) in [5.74, 6) is -0.713. The molecule has 4 aromatic rings. The summed E-state index contributed by atoms with van der Waals surface area (Å²) in [4.78, 5) is 27.6. The monoisotopic (exact) mass is 538 g/mol. The molecule has 7 nitrogen and oxygen atoms in total. The number of carbonyl (C=O) groups excluding carboxylic acids is 1. The highest BCUT2D eigenvalue weighted by molar-refractivity contribution is 8.00. The van der Waals surface area contributed by atoms with Crippen molar-refractivity contribution in [1.82, 2.24) is 15.0 Å². The third kappa shape index (κ3) is 6.04. The molecule has 8 heteroatoms. The van der Waals surface area contributed by atoms with E-state index in [4.69, 9.17) is 10.00 Å². The Morgan fingerprint density at radius 1 is 1.03 bits per heavy atom. The molecular weight excluding hydrogens is 508 g/mol. The van der Waals surface area contributed by atoms with Gasteiger partial charge in [-0.1, -0.05) is 41.6 Å². The van der Waals surface area contributed by atoms with E-state index in [9.17, 15) is 9.59 Å². The number of ether oxygens (including phenoxy) is 1. The molecule has 1 aliphatic rings. The second-order valence-electron chi connectivity index (χ2n) is 10.9. The highest BCUT2D eigenvalue weighted by Crippen LogP contribution is 2.44. The average molecular weight is 539 g/mol. The van der Waals surface area contributed by atoms with Crippen LogP contribution in [0.2, 0.25) is 0 Å². The maximum atomic E-state index is 13.5. The SMILES string of the molecule is CC(C)(C)OC(=O)[C@H]1[C@H](Cn2nnc3ccccc3c2=O)CC[C@@H]1Sc1ccc(-c2ccc(C#N)cc2)cc1. The lowest BCUT2D eigenvalue weighted by Gasteiger charge is -2.28. The summed E-state index contributed by atoms with van der Waals surface area (Å²) < 4.78 is 7.25. The minimum absolute atomic E-state index is 0.00901. The van der Waals surface area contributed by atoms with E-state index < -0.39 is 5.60 Å². The summed E-state index contributed by atoms with van der Waals surface area (Å²) in [5.41, 5.74) is 2.49. The van der Waals surface area contributed by atoms with Crippen molar-refractivity contribution >= 4 is 28.6 Å². The van der Waals surface area contributed by atoms with Crippen LogP contribution in [0.1, 0.15) is 39.2 Å². The van der Waals surface area contributed by atoms with Crippen molar-refractivity contribution in [2.24, 2.45) is 11.8 Å². The molecule has 3 aromatic carbocycles. The zero-order valence-electron chi connectivity index (χ0n) is 22.2. The number of esters is 1. The molecule has 1 fully saturated rings. The van der Waals surface area contributed by atoms with Crippen LogP contribution in [0.15, 0.2) is 82.5 Å². The Bertz CT molecular complexity index is 1580. The second-order valence-corrected chi connectivity index (χ2v) is 12.2. The van der Waals surface area contributed by atoms with Crippen molar-refractivity contribution in [3.8, 4) is 17.2 Å². The first kappa shape index (κ1) is 26.6. The Balaban J connectivity index is 1.37. The Kier molecular flexibility index (Phi) is 7.53. The number of fused-ring (bicyclic) bond motifs is 1. The number of benzene rings is 3. The van der Waals surface area contributed by atoms with E-state index >= 15 is 0 Å². The molecule has 0 unspecified atom stereocenters. The van der Waals surface area contributed by atoms with Crippen LogP contribution in [0.3, 0.4) is 0 Å². The summed E-state index contributed by atoms with van der Waals surface area (Å²) in [6, 6.07) is 25.1. The first-order chi connectivity index (χ1) is 18.7. The van der Waals surface area contributed by atoms with E-state index in [1.807, 2.05) is 57.2 Å². The maximum absolute atomic E-state index is 13.5. The Hall–Kier alpha value is -3.96. The summed E-state index contributed by atoms with van der Waals surface area (Å²) in [6.07, 6.45) is 1.61. The van der Waals surface area contributed by atoms with Crippen LogP contribution < -0.4 is 5.56 Å². The van der Waals surface area contributed by atoms with Crippen molar-refractivity contribution in [2.45, 2.75) is 55.9 Å². The number of nitrogens with zero attached hydrogens (tertiary/aromatic N) is 4. The van der Waals surface area contributed by atoms with Gasteiger partial charge in [-0.3, -0.25) is 9.59 Å². The van der Waals surface area contributed by atoms with Crippen molar-refractivity contribution in [3.05, 3.63) is 88.7 Å². The van der Waals surface area contributed by atoms with E-state index in [1.165, 1.54) is 4.68 Å². The highest BCUT2D eigenvalue weighted by atomic mass is 32.2. The molecule has 0 amide bonds. The van der Waals surface area contributed by atoms with Gasteiger partial charge in [-0.05, 0) is 87.1 Å². The first-order valence-electron chi connectivity index (χ1n) is 13.0. The molecule has 1 aliphatic carbocycles. The third-order valence-electron chi connectivity index (χ3n) is 6.94. The van der Waals surface area contributed by atoms with Crippen molar-refractivity contribution in [2.75, 3.05) is 0 Å². The predicted octanol–water partition coefficient (Wildman–Crippen LogP) is 5.86. The van der Waals surface area contributed by atoms with Crippen LogP contribution >= 0.6 is 11.8 Å². The first-order valence-corrected chi connectivity index (χ1v) is 13.9. The number of hydrogen-bond donors (Lipinski definition) is 0. The van der Waals surface area contributed by atoms with Gasteiger partial charge in [0, 0.05) is 10.1 Å². The zero-order valence-corrected chi connectivity index (χ0v) is 23.0. The van der Waals surface area contributed by atoms with Gasteiger partial charge in [-0.15, -0.1) is 16.9 Å². The highest BCUT2D eigenvalue weighted by Gasteiger charge is 2.44. The second kappa shape index (κ2) is 11.0. The van der Waals surface area contributed by atoms with Crippen molar-refractivity contribution in [3.63, 3.8) is 0 Å². The number of rotatable bonds is 6. The van der Waals surface area contributed by atoms with Gasteiger partial charge in [0.2, 0.25) is 0 Å².